The number of aliphatic carboxylic acids is 1. The topological polar surface area (TPSA) is 116 Å². The van der Waals surface area contributed by atoms with E-state index in [-0.39, 0.29) is 25.7 Å². The van der Waals surface area contributed by atoms with Crippen LogP contribution in [0.3, 0.4) is 0 Å². The molecule has 1 aliphatic rings. The van der Waals surface area contributed by atoms with E-state index in [2.05, 4.69) is 9.78 Å². The van der Waals surface area contributed by atoms with Crippen LogP contribution in [0.5, 0.6) is 0 Å². The van der Waals surface area contributed by atoms with Crippen molar-refractivity contribution in [2.45, 2.75) is 70.3 Å². The summed E-state index contributed by atoms with van der Waals surface area (Å²) < 4.78 is 4.95. The number of rotatable bonds is 1. The van der Waals surface area contributed by atoms with Gasteiger partial charge in [0.2, 0.25) is 0 Å². The Labute approximate surface area is 134 Å². The minimum atomic E-state index is -1.16. The third-order valence-electron chi connectivity index (χ3n) is 3.39. The van der Waals surface area contributed by atoms with E-state index >= 15 is 0 Å². The van der Waals surface area contributed by atoms with Gasteiger partial charge in [0, 0.05) is 6.42 Å². The lowest BCUT2D eigenvalue weighted by molar-refractivity contribution is -0.259. The molecule has 8 nitrogen and oxygen atoms in total. The third-order valence-corrected chi connectivity index (χ3v) is 3.39. The number of esters is 1. The molecule has 1 heterocycles. The fourth-order valence-electron chi connectivity index (χ4n) is 2.12. The predicted octanol–water partition coefficient (Wildman–Crippen LogP) is 1.90. The van der Waals surface area contributed by atoms with E-state index in [1.54, 1.807) is 0 Å². The normalized spacial score (nSPS) is 23.1. The van der Waals surface area contributed by atoms with Crippen LogP contribution in [-0.2, 0) is 33.7 Å². The van der Waals surface area contributed by atoms with E-state index in [1.165, 1.54) is 0 Å². The largest absolute Gasteiger partial charge is 0.479 e. The molecule has 0 aliphatic carbocycles. The summed E-state index contributed by atoms with van der Waals surface area (Å²) in [7, 11) is 0. The second-order valence-corrected chi connectivity index (χ2v) is 5.39. The summed E-state index contributed by atoms with van der Waals surface area (Å²) in [5.74, 6) is -3.05. The summed E-state index contributed by atoms with van der Waals surface area (Å²) in [4.78, 5) is 54.1. The monoisotopic (exact) mass is 330 g/mol. The van der Waals surface area contributed by atoms with Crippen LogP contribution < -0.4 is 0 Å². The molecular formula is C15H22O8. The first kappa shape index (κ1) is 18.9. The molecule has 1 rings (SSSR count). The molecule has 23 heavy (non-hydrogen) atoms. The van der Waals surface area contributed by atoms with Gasteiger partial charge in [-0.2, -0.15) is 0 Å². The number of carboxylic acids is 1. The molecule has 1 N–H and O–H groups in total. The Morgan fingerprint density at radius 1 is 0.783 bits per heavy atom. The molecule has 130 valence electrons. The number of hydrogen-bond donors (Lipinski definition) is 1. The van der Waals surface area contributed by atoms with Gasteiger partial charge in [0.1, 0.15) is 0 Å². The second kappa shape index (κ2) is 10.6. The zero-order valence-corrected chi connectivity index (χ0v) is 13.0. The maximum atomic E-state index is 11.6. The van der Waals surface area contributed by atoms with Crippen molar-refractivity contribution in [3.05, 3.63) is 0 Å². The SMILES string of the molecule is O=C1CCCCCCC(C(=O)O)OC(=O)CCCCC(=O)OO1. The van der Waals surface area contributed by atoms with Crippen LogP contribution in [0, 0.1) is 0 Å². The molecule has 0 aromatic heterocycles. The molecule has 1 unspecified atom stereocenters. The first-order valence-electron chi connectivity index (χ1n) is 7.81. The number of carbonyl (C=O) groups is 4. The van der Waals surface area contributed by atoms with Gasteiger partial charge in [-0.3, -0.25) is 4.79 Å². The van der Waals surface area contributed by atoms with E-state index in [4.69, 9.17) is 9.84 Å². The van der Waals surface area contributed by atoms with Crippen molar-refractivity contribution in [2.24, 2.45) is 0 Å². The summed E-state index contributed by atoms with van der Waals surface area (Å²) in [5.41, 5.74) is 0. The zero-order valence-electron chi connectivity index (χ0n) is 13.0. The standard InChI is InChI=1S/C15H22O8/c16-12-8-5-6-10-14(18)23-22-13(17)9-4-2-1-3-7-11(21-12)15(19)20/h11H,1-10H2,(H,19,20). The summed E-state index contributed by atoms with van der Waals surface area (Å²) in [6.07, 6.45) is 2.49. The molecule has 0 aromatic rings. The Hall–Kier alpha value is -2.12. The molecule has 0 saturated carbocycles. The molecular weight excluding hydrogens is 308 g/mol. The van der Waals surface area contributed by atoms with Gasteiger partial charge >= 0.3 is 23.9 Å². The molecule has 0 spiro atoms. The number of hydrogen-bond acceptors (Lipinski definition) is 7. The lowest BCUT2D eigenvalue weighted by Gasteiger charge is -2.13. The Morgan fingerprint density at radius 2 is 1.26 bits per heavy atom. The summed E-state index contributed by atoms with van der Waals surface area (Å²) >= 11 is 0. The second-order valence-electron chi connectivity index (χ2n) is 5.39. The summed E-state index contributed by atoms with van der Waals surface area (Å²) in [6, 6.07) is 0. The highest BCUT2D eigenvalue weighted by atomic mass is 17.2. The molecule has 8 heteroatoms. The van der Waals surface area contributed by atoms with E-state index in [1.807, 2.05) is 0 Å². The smallest absolute Gasteiger partial charge is 0.355 e. The number of ether oxygens (including phenoxy) is 1. The Bertz CT molecular complexity index is 431. The first-order valence-corrected chi connectivity index (χ1v) is 7.81. The molecule has 0 radical (unpaired) electrons. The number of carboxylic acid groups (broad SMARTS) is 1. The van der Waals surface area contributed by atoms with Gasteiger partial charge in [-0.1, -0.05) is 12.8 Å². The zero-order chi connectivity index (χ0) is 17.1. The number of cyclic esters (lactones) is 1. The van der Waals surface area contributed by atoms with Crippen molar-refractivity contribution in [1.29, 1.82) is 0 Å². The maximum absolute atomic E-state index is 11.6. The molecule has 0 amide bonds. The Balaban J connectivity index is 2.52. The van der Waals surface area contributed by atoms with Crippen molar-refractivity contribution in [2.75, 3.05) is 0 Å². The highest BCUT2D eigenvalue weighted by molar-refractivity contribution is 5.78. The fraction of sp³-hybridized carbons (Fsp3) is 0.733. The van der Waals surface area contributed by atoms with Crippen LogP contribution in [0.2, 0.25) is 0 Å². The van der Waals surface area contributed by atoms with Crippen molar-refractivity contribution in [1.82, 2.24) is 0 Å². The van der Waals surface area contributed by atoms with Crippen molar-refractivity contribution >= 4 is 23.9 Å². The lowest BCUT2D eigenvalue weighted by Crippen LogP contribution is -2.27. The van der Waals surface area contributed by atoms with Gasteiger partial charge in [-0.15, -0.1) is 0 Å². The Kier molecular flexibility index (Phi) is 8.71. The average molecular weight is 330 g/mol. The highest BCUT2D eigenvalue weighted by Gasteiger charge is 2.21. The third kappa shape index (κ3) is 8.80. The van der Waals surface area contributed by atoms with Crippen molar-refractivity contribution < 1.29 is 38.8 Å². The van der Waals surface area contributed by atoms with E-state index in [0.29, 0.717) is 38.5 Å². The van der Waals surface area contributed by atoms with Gasteiger partial charge < -0.3 is 9.84 Å². The molecule has 1 saturated heterocycles. The lowest BCUT2D eigenvalue weighted by atomic mass is 10.1. The van der Waals surface area contributed by atoms with Crippen LogP contribution in [0.25, 0.3) is 0 Å². The molecule has 1 atom stereocenters. The summed E-state index contributed by atoms with van der Waals surface area (Å²) in [5, 5.41) is 9.05. The van der Waals surface area contributed by atoms with Crippen LogP contribution in [0.15, 0.2) is 0 Å². The Morgan fingerprint density at radius 3 is 1.83 bits per heavy atom. The van der Waals surface area contributed by atoms with Gasteiger partial charge in [-0.25, -0.2) is 24.2 Å². The van der Waals surface area contributed by atoms with E-state index in [0.717, 1.165) is 0 Å². The highest BCUT2D eigenvalue weighted by Crippen LogP contribution is 2.13. The minimum absolute atomic E-state index is 0.00290. The molecule has 0 aromatic carbocycles. The van der Waals surface area contributed by atoms with Gasteiger partial charge in [0.25, 0.3) is 0 Å². The molecule has 1 aliphatic heterocycles. The predicted molar refractivity (Wildman–Crippen MR) is 75.9 cm³/mol. The van der Waals surface area contributed by atoms with Crippen molar-refractivity contribution in [3.63, 3.8) is 0 Å². The van der Waals surface area contributed by atoms with Crippen LogP contribution >= 0.6 is 0 Å². The first-order chi connectivity index (χ1) is 11.0. The fourth-order valence-corrected chi connectivity index (χ4v) is 2.12. The van der Waals surface area contributed by atoms with Crippen LogP contribution in [-0.4, -0.2) is 35.1 Å². The average Bonchev–Trinajstić information content (AvgIpc) is 2.50. The van der Waals surface area contributed by atoms with Crippen LogP contribution in [0.1, 0.15) is 64.2 Å². The quantitative estimate of drug-likeness (QED) is 0.572. The van der Waals surface area contributed by atoms with Gasteiger partial charge in [0.15, 0.2) is 6.10 Å². The summed E-state index contributed by atoms with van der Waals surface area (Å²) in [6.45, 7) is 0. The van der Waals surface area contributed by atoms with E-state index in [9.17, 15) is 19.2 Å². The van der Waals surface area contributed by atoms with Crippen LogP contribution in [0.4, 0.5) is 0 Å². The van der Waals surface area contributed by atoms with Gasteiger partial charge in [0.05, 0.1) is 12.8 Å². The maximum Gasteiger partial charge on any atom is 0.355 e. The number of carbonyl (C=O) groups excluding carboxylic acids is 3. The van der Waals surface area contributed by atoms with E-state index < -0.39 is 30.0 Å². The molecule has 0 bridgehead atoms. The van der Waals surface area contributed by atoms with Crippen molar-refractivity contribution in [3.8, 4) is 0 Å². The van der Waals surface area contributed by atoms with Gasteiger partial charge in [-0.05, 0) is 32.1 Å². The minimum Gasteiger partial charge on any atom is -0.479 e. The molecule has 1 fully saturated rings.